The Morgan fingerprint density at radius 3 is 2.74 bits per heavy atom. The Morgan fingerprint density at radius 2 is 2.00 bits per heavy atom. The van der Waals surface area contributed by atoms with Crippen LogP contribution in [0.25, 0.3) is 0 Å². The Balaban J connectivity index is 1.63. The number of carbonyl (C=O) groups is 2. The molecule has 5 nitrogen and oxygen atoms in total. The summed E-state index contributed by atoms with van der Waals surface area (Å²) < 4.78 is 4.78. The van der Waals surface area contributed by atoms with Crippen molar-refractivity contribution in [2.24, 2.45) is 0 Å². The lowest BCUT2D eigenvalue weighted by Crippen LogP contribution is -2.42. The summed E-state index contributed by atoms with van der Waals surface area (Å²) >= 11 is 0. The van der Waals surface area contributed by atoms with Crippen molar-refractivity contribution in [3.63, 3.8) is 0 Å². The van der Waals surface area contributed by atoms with Crippen LogP contribution in [0.4, 0.5) is 4.79 Å². The lowest BCUT2D eigenvalue weighted by Gasteiger charge is -2.28. The second kappa shape index (κ2) is 5.01. The van der Waals surface area contributed by atoms with E-state index in [1.807, 2.05) is 12.1 Å². The zero-order valence-electron chi connectivity index (χ0n) is 10.7. The van der Waals surface area contributed by atoms with Crippen LogP contribution in [-0.2, 0) is 22.5 Å². The van der Waals surface area contributed by atoms with Crippen LogP contribution in [-0.4, -0.2) is 48.0 Å². The van der Waals surface area contributed by atoms with Gasteiger partial charge < -0.3 is 4.74 Å². The van der Waals surface area contributed by atoms with Crippen LogP contribution in [0.5, 0.6) is 0 Å². The Bertz CT molecular complexity index is 515. The van der Waals surface area contributed by atoms with Gasteiger partial charge in [-0.2, -0.15) is 0 Å². The molecule has 1 aromatic carbocycles. The molecular formula is C14H16N2O3. The fourth-order valence-corrected chi connectivity index (χ4v) is 2.59. The van der Waals surface area contributed by atoms with Crippen LogP contribution in [0.2, 0.25) is 0 Å². The molecule has 0 N–H and O–H groups in total. The number of rotatable bonds is 2. The lowest BCUT2D eigenvalue weighted by atomic mass is 10.00. The standard InChI is InChI=1S/C14H16N2O3/c17-13(16-7-8-19-14(16)18)10-15-6-5-11-3-1-2-4-12(11)9-15/h1-4H,5-10H2. The summed E-state index contributed by atoms with van der Waals surface area (Å²) in [5, 5.41) is 0. The minimum absolute atomic E-state index is 0.165. The summed E-state index contributed by atoms with van der Waals surface area (Å²) in [6, 6.07) is 8.28. The zero-order valence-corrected chi connectivity index (χ0v) is 10.7. The lowest BCUT2D eigenvalue weighted by molar-refractivity contribution is -0.129. The highest BCUT2D eigenvalue weighted by Gasteiger charge is 2.30. The van der Waals surface area contributed by atoms with E-state index < -0.39 is 6.09 Å². The van der Waals surface area contributed by atoms with Crippen LogP contribution in [0.1, 0.15) is 11.1 Å². The van der Waals surface area contributed by atoms with Crippen molar-refractivity contribution >= 4 is 12.0 Å². The molecule has 1 aromatic rings. The second-order valence-corrected chi connectivity index (χ2v) is 4.89. The van der Waals surface area contributed by atoms with Crippen LogP contribution < -0.4 is 0 Å². The van der Waals surface area contributed by atoms with Crippen LogP contribution in [0, 0.1) is 0 Å². The number of carbonyl (C=O) groups excluding carboxylic acids is 2. The third kappa shape index (κ3) is 2.46. The molecule has 1 fully saturated rings. The van der Waals surface area contributed by atoms with Gasteiger partial charge in [-0.05, 0) is 17.5 Å². The Kier molecular flexibility index (Phi) is 3.21. The molecule has 0 aromatic heterocycles. The van der Waals surface area contributed by atoms with Crippen LogP contribution >= 0.6 is 0 Å². The number of hydrogen-bond donors (Lipinski definition) is 0. The molecule has 0 bridgehead atoms. The van der Waals surface area contributed by atoms with Gasteiger partial charge in [0.15, 0.2) is 0 Å². The van der Waals surface area contributed by atoms with Gasteiger partial charge in [-0.1, -0.05) is 24.3 Å². The minimum atomic E-state index is -0.512. The molecule has 2 heterocycles. The highest BCUT2D eigenvalue weighted by atomic mass is 16.6. The van der Waals surface area contributed by atoms with Gasteiger partial charge >= 0.3 is 6.09 Å². The molecule has 3 rings (SSSR count). The molecule has 2 aliphatic rings. The van der Waals surface area contributed by atoms with E-state index in [1.165, 1.54) is 16.0 Å². The van der Waals surface area contributed by atoms with E-state index in [-0.39, 0.29) is 12.5 Å². The first-order valence-corrected chi connectivity index (χ1v) is 6.50. The number of hydrogen-bond acceptors (Lipinski definition) is 4. The number of imide groups is 1. The number of benzene rings is 1. The fraction of sp³-hybridized carbons (Fsp3) is 0.429. The van der Waals surface area contributed by atoms with Gasteiger partial charge in [-0.15, -0.1) is 0 Å². The largest absolute Gasteiger partial charge is 0.447 e. The molecule has 100 valence electrons. The molecule has 2 aliphatic heterocycles. The monoisotopic (exact) mass is 260 g/mol. The Labute approximate surface area is 111 Å². The number of nitrogens with zero attached hydrogens (tertiary/aromatic N) is 2. The van der Waals surface area contributed by atoms with E-state index in [2.05, 4.69) is 17.0 Å². The van der Waals surface area contributed by atoms with Gasteiger partial charge in [0.2, 0.25) is 5.91 Å². The summed E-state index contributed by atoms with van der Waals surface area (Å²) in [5.74, 6) is -0.165. The maximum Gasteiger partial charge on any atom is 0.416 e. The minimum Gasteiger partial charge on any atom is -0.447 e. The van der Waals surface area contributed by atoms with E-state index in [0.29, 0.717) is 13.2 Å². The molecule has 2 amide bonds. The van der Waals surface area contributed by atoms with Gasteiger partial charge in [-0.3, -0.25) is 9.69 Å². The van der Waals surface area contributed by atoms with Gasteiger partial charge in [0.1, 0.15) is 6.61 Å². The number of amides is 2. The zero-order chi connectivity index (χ0) is 13.2. The maximum absolute atomic E-state index is 12.0. The molecule has 0 saturated carbocycles. The summed E-state index contributed by atoms with van der Waals surface area (Å²) in [6.45, 7) is 2.59. The molecule has 0 aliphatic carbocycles. The third-order valence-corrected chi connectivity index (χ3v) is 3.63. The van der Waals surface area contributed by atoms with E-state index in [0.717, 1.165) is 19.5 Å². The van der Waals surface area contributed by atoms with E-state index in [1.54, 1.807) is 0 Å². The molecule has 1 saturated heterocycles. The maximum atomic E-state index is 12.0. The van der Waals surface area contributed by atoms with Crippen molar-refractivity contribution in [3.8, 4) is 0 Å². The van der Waals surface area contributed by atoms with Crippen LogP contribution in [0.15, 0.2) is 24.3 Å². The van der Waals surface area contributed by atoms with E-state index in [4.69, 9.17) is 4.74 Å². The van der Waals surface area contributed by atoms with Crippen molar-refractivity contribution in [1.82, 2.24) is 9.80 Å². The Morgan fingerprint density at radius 1 is 1.21 bits per heavy atom. The normalized spacial score (nSPS) is 19.2. The topological polar surface area (TPSA) is 49.9 Å². The second-order valence-electron chi connectivity index (χ2n) is 4.89. The predicted molar refractivity (Wildman–Crippen MR) is 68.5 cm³/mol. The first kappa shape index (κ1) is 12.2. The number of cyclic esters (lactones) is 1. The Hall–Kier alpha value is -1.88. The van der Waals surface area contributed by atoms with Gasteiger partial charge in [0.05, 0.1) is 13.1 Å². The van der Waals surface area contributed by atoms with Crippen LogP contribution in [0.3, 0.4) is 0 Å². The predicted octanol–water partition coefficient (Wildman–Crippen LogP) is 1.02. The van der Waals surface area contributed by atoms with Gasteiger partial charge in [0.25, 0.3) is 0 Å². The molecule has 0 atom stereocenters. The quantitative estimate of drug-likeness (QED) is 0.796. The van der Waals surface area contributed by atoms with Crippen molar-refractivity contribution in [3.05, 3.63) is 35.4 Å². The van der Waals surface area contributed by atoms with Crippen molar-refractivity contribution in [2.75, 3.05) is 26.2 Å². The molecule has 0 unspecified atom stereocenters. The molecule has 19 heavy (non-hydrogen) atoms. The number of fused-ring (bicyclic) bond motifs is 1. The molecule has 0 radical (unpaired) electrons. The van der Waals surface area contributed by atoms with Gasteiger partial charge in [0, 0.05) is 13.1 Å². The highest BCUT2D eigenvalue weighted by Crippen LogP contribution is 2.18. The molecule has 5 heteroatoms. The summed E-state index contributed by atoms with van der Waals surface area (Å²) in [6.07, 6.45) is 0.441. The van der Waals surface area contributed by atoms with Crippen molar-refractivity contribution in [1.29, 1.82) is 0 Å². The van der Waals surface area contributed by atoms with E-state index in [9.17, 15) is 9.59 Å². The SMILES string of the molecule is O=C(CN1CCc2ccccc2C1)N1CCOC1=O. The first-order chi connectivity index (χ1) is 9.24. The highest BCUT2D eigenvalue weighted by molar-refractivity contribution is 5.94. The smallest absolute Gasteiger partial charge is 0.416 e. The molecular weight excluding hydrogens is 244 g/mol. The molecule has 0 spiro atoms. The average molecular weight is 260 g/mol. The third-order valence-electron chi connectivity index (χ3n) is 3.63. The summed E-state index contributed by atoms with van der Waals surface area (Å²) in [7, 11) is 0. The van der Waals surface area contributed by atoms with Crippen molar-refractivity contribution < 1.29 is 14.3 Å². The summed E-state index contributed by atoms with van der Waals surface area (Å²) in [4.78, 5) is 26.6. The van der Waals surface area contributed by atoms with E-state index >= 15 is 0 Å². The average Bonchev–Trinajstić information content (AvgIpc) is 2.85. The number of ether oxygens (including phenoxy) is 1. The fourth-order valence-electron chi connectivity index (χ4n) is 2.59. The first-order valence-electron chi connectivity index (χ1n) is 6.50. The summed E-state index contributed by atoms with van der Waals surface area (Å²) in [5.41, 5.74) is 2.62. The van der Waals surface area contributed by atoms with Crippen molar-refractivity contribution in [2.45, 2.75) is 13.0 Å². The van der Waals surface area contributed by atoms with Gasteiger partial charge in [-0.25, -0.2) is 9.69 Å².